The van der Waals surface area contributed by atoms with Crippen LogP contribution in [0.3, 0.4) is 0 Å². The SMILES string of the molecule is CN(C)CCOc1ccccc1CN=C(N)N1CCCCCC1.I. The van der Waals surface area contributed by atoms with E-state index in [1.165, 1.54) is 25.7 Å². The van der Waals surface area contributed by atoms with Gasteiger partial charge in [0.15, 0.2) is 5.96 Å². The standard InChI is InChI=1S/C18H30N4O.HI/c1-21(2)13-14-23-17-10-6-5-9-16(17)15-20-18(19)22-11-7-3-4-8-12-22;/h5-6,9-10H,3-4,7-8,11-15H2,1-2H3,(H2,19,20);1H. The smallest absolute Gasteiger partial charge is 0.191 e. The van der Waals surface area contributed by atoms with Crippen LogP contribution in [0.5, 0.6) is 5.75 Å². The van der Waals surface area contributed by atoms with Crippen molar-refractivity contribution >= 4 is 29.9 Å². The van der Waals surface area contributed by atoms with Crippen molar-refractivity contribution < 1.29 is 4.74 Å². The first-order chi connectivity index (χ1) is 11.2. The summed E-state index contributed by atoms with van der Waals surface area (Å²) >= 11 is 0. The van der Waals surface area contributed by atoms with Crippen LogP contribution in [-0.2, 0) is 6.54 Å². The van der Waals surface area contributed by atoms with Gasteiger partial charge in [0.25, 0.3) is 0 Å². The van der Waals surface area contributed by atoms with Gasteiger partial charge in [0.1, 0.15) is 12.4 Å². The number of ether oxygens (including phenoxy) is 1. The maximum absolute atomic E-state index is 6.18. The van der Waals surface area contributed by atoms with E-state index >= 15 is 0 Å². The van der Waals surface area contributed by atoms with E-state index in [-0.39, 0.29) is 24.0 Å². The van der Waals surface area contributed by atoms with Gasteiger partial charge < -0.3 is 20.3 Å². The quantitative estimate of drug-likeness (QED) is 0.415. The molecule has 1 aliphatic heterocycles. The lowest BCUT2D eigenvalue weighted by Crippen LogP contribution is -2.38. The Kier molecular flexibility index (Phi) is 10.1. The summed E-state index contributed by atoms with van der Waals surface area (Å²) in [4.78, 5) is 8.91. The van der Waals surface area contributed by atoms with Gasteiger partial charge in [0.2, 0.25) is 0 Å². The molecule has 0 radical (unpaired) electrons. The lowest BCUT2D eigenvalue weighted by molar-refractivity contribution is 0.259. The lowest BCUT2D eigenvalue weighted by atomic mass is 10.2. The molecule has 136 valence electrons. The first kappa shape index (κ1) is 21.0. The zero-order valence-electron chi connectivity index (χ0n) is 14.9. The van der Waals surface area contributed by atoms with Crippen LogP contribution in [0.1, 0.15) is 31.2 Å². The van der Waals surface area contributed by atoms with E-state index in [4.69, 9.17) is 10.5 Å². The summed E-state index contributed by atoms with van der Waals surface area (Å²) in [6, 6.07) is 8.08. The molecule has 1 aliphatic rings. The third-order valence-corrected chi connectivity index (χ3v) is 4.11. The van der Waals surface area contributed by atoms with Crippen LogP contribution >= 0.6 is 24.0 Å². The van der Waals surface area contributed by atoms with Crippen molar-refractivity contribution in [2.45, 2.75) is 32.2 Å². The molecule has 24 heavy (non-hydrogen) atoms. The van der Waals surface area contributed by atoms with E-state index in [0.29, 0.717) is 19.1 Å². The van der Waals surface area contributed by atoms with Crippen LogP contribution in [0, 0.1) is 0 Å². The van der Waals surface area contributed by atoms with Gasteiger partial charge in [-0.05, 0) is 33.0 Å². The molecule has 0 aliphatic carbocycles. The number of hydrogen-bond donors (Lipinski definition) is 1. The Morgan fingerprint density at radius 3 is 2.50 bits per heavy atom. The predicted octanol–water partition coefficient (Wildman–Crippen LogP) is 2.94. The van der Waals surface area contributed by atoms with Gasteiger partial charge in [-0.3, -0.25) is 0 Å². The van der Waals surface area contributed by atoms with Crippen molar-refractivity contribution in [1.82, 2.24) is 9.80 Å². The number of aliphatic imine (C=N–C) groups is 1. The number of likely N-dealkylation sites (N-methyl/N-ethyl adjacent to an activating group) is 1. The van der Waals surface area contributed by atoms with Gasteiger partial charge in [-0.1, -0.05) is 31.0 Å². The van der Waals surface area contributed by atoms with E-state index in [1.54, 1.807) is 0 Å². The van der Waals surface area contributed by atoms with Crippen molar-refractivity contribution in [3.63, 3.8) is 0 Å². The molecule has 1 aromatic carbocycles. The Labute approximate surface area is 163 Å². The molecule has 0 atom stereocenters. The number of halogens is 1. The van der Waals surface area contributed by atoms with E-state index in [9.17, 15) is 0 Å². The molecular formula is C18H31IN4O. The van der Waals surface area contributed by atoms with Crippen molar-refractivity contribution in [3.8, 4) is 5.75 Å². The highest BCUT2D eigenvalue weighted by Gasteiger charge is 2.11. The van der Waals surface area contributed by atoms with Crippen molar-refractivity contribution in [1.29, 1.82) is 0 Å². The minimum atomic E-state index is 0. The predicted molar refractivity (Wildman–Crippen MR) is 111 cm³/mol. The van der Waals surface area contributed by atoms with Gasteiger partial charge in [-0.2, -0.15) is 0 Å². The molecule has 0 spiro atoms. The molecule has 0 unspecified atom stereocenters. The number of hydrogen-bond acceptors (Lipinski definition) is 3. The fourth-order valence-corrected chi connectivity index (χ4v) is 2.68. The number of likely N-dealkylation sites (tertiary alicyclic amines) is 1. The van der Waals surface area contributed by atoms with Gasteiger partial charge in [0.05, 0.1) is 6.54 Å². The molecule has 1 fully saturated rings. The fraction of sp³-hybridized carbons (Fsp3) is 0.611. The Bertz CT molecular complexity index is 500. The molecule has 1 heterocycles. The first-order valence-electron chi connectivity index (χ1n) is 8.57. The summed E-state index contributed by atoms with van der Waals surface area (Å²) in [5, 5.41) is 0. The monoisotopic (exact) mass is 446 g/mol. The number of rotatable bonds is 6. The second-order valence-electron chi connectivity index (χ2n) is 6.34. The maximum atomic E-state index is 6.18. The Morgan fingerprint density at radius 2 is 1.83 bits per heavy atom. The zero-order chi connectivity index (χ0) is 16.5. The number of nitrogens with zero attached hydrogens (tertiary/aromatic N) is 3. The van der Waals surface area contributed by atoms with Crippen molar-refractivity contribution in [2.24, 2.45) is 10.7 Å². The van der Waals surface area contributed by atoms with Crippen molar-refractivity contribution in [2.75, 3.05) is 40.3 Å². The van der Waals surface area contributed by atoms with Gasteiger partial charge in [-0.25, -0.2) is 4.99 Å². The van der Waals surface area contributed by atoms with Crippen LogP contribution in [-0.4, -0.2) is 56.1 Å². The Hall–Kier alpha value is -1.02. The van der Waals surface area contributed by atoms with Gasteiger partial charge in [0, 0.05) is 25.2 Å². The van der Waals surface area contributed by atoms with Gasteiger partial charge >= 0.3 is 0 Å². The number of nitrogens with two attached hydrogens (primary N) is 1. The zero-order valence-corrected chi connectivity index (χ0v) is 17.2. The molecule has 0 aromatic heterocycles. The number of para-hydroxylation sites is 1. The number of guanidine groups is 1. The van der Waals surface area contributed by atoms with E-state index in [2.05, 4.69) is 20.9 Å². The summed E-state index contributed by atoms with van der Waals surface area (Å²) in [5.41, 5.74) is 7.27. The summed E-state index contributed by atoms with van der Waals surface area (Å²) in [6.45, 7) is 4.19. The molecule has 2 rings (SSSR count). The fourth-order valence-electron chi connectivity index (χ4n) is 2.68. The summed E-state index contributed by atoms with van der Waals surface area (Å²) < 4.78 is 5.88. The highest BCUT2D eigenvalue weighted by Crippen LogP contribution is 2.19. The first-order valence-corrected chi connectivity index (χ1v) is 8.57. The largest absolute Gasteiger partial charge is 0.492 e. The van der Waals surface area contributed by atoms with Crippen LogP contribution < -0.4 is 10.5 Å². The van der Waals surface area contributed by atoms with Crippen LogP contribution in [0.15, 0.2) is 29.3 Å². The molecule has 1 aromatic rings. The maximum Gasteiger partial charge on any atom is 0.191 e. The minimum Gasteiger partial charge on any atom is -0.492 e. The van der Waals surface area contributed by atoms with Gasteiger partial charge in [-0.15, -0.1) is 24.0 Å². The summed E-state index contributed by atoms with van der Waals surface area (Å²) in [6.07, 6.45) is 5.01. The van der Waals surface area contributed by atoms with Crippen LogP contribution in [0.4, 0.5) is 0 Å². The lowest BCUT2D eigenvalue weighted by Gasteiger charge is -2.21. The molecule has 0 saturated carbocycles. The third kappa shape index (κ3) is 7.25. The molecule has 2 N–H and O–H groups in total. The minimum absolute atomic E-state index is 0. The number of benzene rings is 1. The second-order valence-corrected chi connectivity index (χ2v) is 6.34. The highest BCUT2D eigenvalue weighted by molar-refractivity contribution is 14.0. The second kappa shape index (κ2) is 11.5. The van der Waals surface area contributed by atoms with E-state index in [0.717, 1.165) is 30.9 Å². The Morgan fingerprint density at radius 1 is 1.17 bits per heavy atom. The normalized spacial score (nSPS) is 15.8. The average molecular weight is 446 g/mol. The molecule has 0 bridgehead atoms. The van der Waals surface area contributed by atoms with Crippen LogP contribution in [0.2, 0.25) is 0 Å². The van der Waals surface area contributed by atoms with E-state index < -0.39 is 0 Å². The molecule has 5 nitrogen and oxygen atoms in total. The molecule has 1 saturated heterocycles. The third-order valence-electron chi connectivity index (χ3n) is 4.11. The molecule has 0 amide bonds. The molecule has 6 heteroatoms. The van der Waals surface area contributed by atoms with Crippen LogP contribution in [0.25, 0.3) is 0 Å². The average Bonchev–Trinajstić information content (AvgIpc) is 2.82. The van der Waals surface area contributed by atoms with Crippen molar-refractivity contribution in [3.05, 3.63) is 29.8 Å². The highest BCUT2D eigenvalue weighted by atomic mass is 127. The molecular weight excluding hydrogens is 415 g/mol. The Balaban J connectivity index is 0.00000288. The van der Waals surface area contributed by atoms with E-state index in [1.807, 2.05) is 32.3 Å². The topological polar surface area (TPSA) is 54.1 Å². The summed E-state index contributed by atoms with van der Waals surface area (Å²) in [5.74, 6) is 1.57. The summed E-state index contributed by atoms with van der Waals surface area (Å²) in [7, 11) is 4.09.